The summed E-state index contributed by atoms with van der Waals surface area (Å²) in [5.74, 6) is -1.23. The number of nitriles is 1. The molecule has 2 fully saturated rings. The van der Waals surface area contributed by atoms with Gasteiger partial charge in [0.25, 0.3) is 11.5 Å². The van der Waals surface area contributed by atoms with Crippen molar-refractivity contribution in [2.24, 2.45) is 5.92 Å². The molecule has 32 heavy (non-hydrogen) atoms. The Hall–Kier alpha value is -3.61. The van der Waals surface area contributed by atoms with Crippen molar-refractivity contribution in [2.75, 3.05) is 6.54 Å². The van der Waals surface area contributed by atoms with Gasteiger partial charge in [-0.15, -0.1) is 0 Å². The van der Waals surface area contributed by atoms with E-state index in [0.29, 0.717) is 30.7 Å². The number of fused-ring (bicyclic) bond motifs is 1. The maximum atomic E-state index is 13.0. The molecule has 10 heteroatoms. The van der Waals surface area contributed by atoms with E-state index in [1.165, 1.54) is 27.8 Å². The third-order valence-corrected chi connectivity index (χ3v) is 5.69. The summed E-state index contributed by atoms with van der Waals surface area (Å²) in [6.07, 6.45) is 7.43. The first-order valence-electron chi connectivity index (χ1n) is 10.8. The molecule has 0 aromatic carbocycles. The lowest BCUT2D eigenvalue weighted by atomic mass is 10.2. The number of amides is 2. The van der Waals surface area contributed by atoms with Gasteiger partial charge in [0.05, 0.1) is 12.3 Å². The largest absolute Gasteiger partial charge is 0.494 e. The molecule has 0 unspecified atom stereocenters. The summed E-state index contributed by atoms with van der Waals surface area (Å²) in [4.78, 5) is 39.7. The van der Waals surface area contributed by atoms with Crippen LogP contribution >= 0.6 is 0 Å². The van der Waals surface area contributed by atoms with Crippen LogP contribution in [0.5, 0.6) is 5.88 Å². The molecule has 4 rings (SSSR count). The second kappa shape index (κ2) is 8.49. The Morgan fingerprint density at radius 1 is 1.38 bits per heavy atom. The van der Waals surface area contributed by atoms with Gasteiger partial charge in [-0.3, -0.25) is 19.0 Å². The van der Waals surface area contributed by atoms with E-state index in [-0.39, 0.29) is 23.4 Å². The summed E-state index contributed by atoms with van der Waals surface area (Å²) < 4.78 is 2.57. The van der Waals surface area contributed by atoms with Gasteiger partial charge in [0.15, 0.2) is 5.56 Å². The number of nitrogens with zero attached hydrogens (tertiary/aromatic N) is 5. The summed E-state index contributed by atoms with van der Waals surface area (Å²) in [5, 5.41) is 27.0. The Labute approximate surface area is 184 Å². The number of nitrogens with one attached hydrogen (secondary N) is 1. The molecular formula is C22H26N6O4. The fourth-order valence-corrected chi connectivity index (χ4v) is 3.97. The molecule has 2 aromatic heterocycles. The summed E-state index contributed by atoms with van der Waals surface area (Å²) in [7, 11) is 0. The average Bonchev–Trinajstić information content (AvgIpc) is 3.26. The number of rotatable bonds is 6. The number of likely N-dealkylation sites (tertiary alicyclic amines) is 1. The third kappa shape index (κ3) is 3.98. The Balaban J connectivity index is 1.76. The van der Waals surface area contributed by atoms with Gasteiger partial charge in [-0.25, -0.2) is 0 Å². The smallest absolute Gasteiger partial charge is 0.291 e. The van der Waals surface area contributed by atoms with E-state index in [4.69, 9.17) is 0 Å². The van der Waals surface area contributed by atoms with E-state index in [9.17, 15) is 24.8 Å². The lowest BCUT2D eigenvalue weighted by molar-refractivity contribution is -0.125. The van der Waals surface area contributed by atoms with Gasteiger partial charge in [0.1, 0.15) is 11.7 Å². The lowest BCUT2D eigenvalue weighted by Crippen LogP contribution is -2.34. The molecule has 1 aliphatic carbocycles. The summed E-state index contributed by atoms with van der Waals surface area (Å²) in [6.45, 7) is 4.75. The van der Waals surface area contributed by atoms with E-state index in [0.717, 1.165) is 23.8 Å². The first-order valence-corrected chi connectivity index (χ1v) is 10.8. The van der Waals surface area contributed by atoms with Crippen LogP contribution in [-0.4, -0.2) is 54.6 Å². The zero-order valence-electron chi connectivity index (χ0n) is 18.1. The molecule has 2 N–H and O–H groups in total. The zero-order valence-corrected chi connectivity index (χ0v) is 18.1. The quantitative estimate of drug-likeness (QED) is 0.653. The van der Waals surface area contributed by atoms with Gasteiger partial charge in [0, 0.05) is 30.8 Å². The Bertz CT molecular complexity index is 1200. The Morgan fingerprint density at radius 2 is 2.12 bits per heavy atom. The van der Waals surface area contributed by atoms with Crippen LogP contribution < -0.4 is 10.9 Å². The second-order valence-electron chi connectivity index (χ2n) is 8.74. The number of hydrogen-bond donors (Lipinski definition) is 2. The predicted octanol–water partition coefficient (Wildman–Crippen LogP) is 1.28. The first kappa shape index (κ1) is 21.6. The summed E-state index contributed by atoms with van der Waals surface area (Å²) in [6, 6.07) is 1.73. The molecule has 0 radical (unpaired) electrons. The molecule has 2 aromatic rings. The predicted molar refractivity (Wildman–Crippen MR) is 116 cm³/mol. The van der Waals surface area contributed by atoms with Gasteiger partial charge in [-0.05, 0) is 37.7 Å². The lowest BCUT2D eigenvalue weighted by Gasteiger charge is -2.18. The van der Waals surface area contributed by atoms with Crippen LogP contribution in [-0.2, 0) is 11.3 Å². The number of carbonyl (C=O) groups excluding carboxylic acids is 2. The number of carbonyl (C=O) groups is 2. The minimum atomic E-state index is -0.717. The third-order valence-electron chi connectivity index (χ3n) is 5.69. The molecule has 10 nitrogen and oxygen atoms in total. The van der Waals surface area contributed by atoms with Crippen LogP contribution in [0.2, 0.25) is 0 Å². The Morgan fingerprint density at radius 3 is 2.78 bits per heavy atom. The van der Waals surface area contributed by atoms with Crippen molar-refractivity contribution in [3.8, 4) is 11.9 Å². The van der Waals surface area contributed by atoms with Crippen molar-refractivity contribution in [3.05, 3.63) is 33.8 Å². The van der Waals surface area contributed by atoms with Crippen LogP contribution in [0.25, 0.3) is 11.7 Å². The minimum Gasteiger partial charge on any atom is -0.494 e. The number of aromatic nitrogens is 3. The van der Waals surface area contributed by atoms with Gasteiger partial charge in [-0.2, -0.15) is 14.9 Å². The van der Waals surface area contributed by atoms with Crippen LogP contribution in [0.1, 0.15) is 55.5 Å². The van der Waals surface area contributed by atoms with E-state index in [2.05, 4.69) is 16.5 Å². The van der Waals surface area contributed by atoms with Crippen molar-refractivity contribution in [3.63, 3.8) is 0 Å². The van der Waals surface area contributed by atoms with Crippen LogP contribution in [0.4, 0.5) is 0 Å². The van der Waals surface area contributed by atoms with E-state index in [1.807, 2.05) is 13.8 Å². The molecule has 1 atom stereocenters. The second-order valence-corrected chi connectivity index (χ2v) is 8.74. The molecule has 1 saturated heterocycles. The van der Waals surface area contributed by atoms with Crippen molar-refractivity contribution < 1.29 is 14.7 Å². The molecule has 1 aliphatic heterocycles. The van der Waals surface area contributed by atoms with Crippen molar-refractivity contribution in [1.29, 1.82) is 5.26 Å². The normalized spacial score (nSPS) is 18.6. The molecular weight excluding hydrogens is 412 g/mol. The van der Waals surface area contributed by atoms with Crippen LogP contribution in [0.15, 0.2) is 17.1 Å². The van der Waals surface area contributed by atoms with Crippen molar-refractivity contribution >= 4 is 23.5 Å². The van der Waals surface area contributed by atoms with Crippen molar-refractivity contribution in [1.82, 2.24) is 24.4 Å². The van der Waals surface area contributed by atoms with Gasteiger partial charge in [0.2, 0.25) is 11.8 Å². The summed E-state index contributed by atoms with van der Waals surface area (Å²) in [5.41, 5.74) is -0.306. The zero-order chi connectivity index (χ0) is 23.0. The topological polar surface area (TPSA) is 133 Å². The van der Waals surface area contributed by atoms with Crippen LogP contribution in [0.3, 0.4) is 0 Å². The maximum absolute atomic E-state index is 13.0. The van der Waals surface area contributed by atoms with Gasteiger partial charge in [-0.1, -0.05) is 13.8 Å². The van der Waals surface area contributed by atoms with E-state index in [1.54, 1.807) is 0 Å². The minimum absolute atomic E-state index is 0.0282. The fraction of sp³-hybridized carbons (Fsp3) is 0.500. The van der Waals surface area contributed by atoms with Crippen LogP contribution in [0, 0.1) is 17.2 Å². The monoisotopic (exact) mass is 438 g/mol. The SMILES string of the molecule is CC(C)Cn1c(O)c(C(=O)NC2CC2)c(=O)n2ncc(/C=C/C(=O)N3CCC[C@H]3C#N)c12. The highest BCUT2D eigenvalue weighted by molar-refractivity contribution is 5.97. The number of hydrogen-bond acceptors (Lipinski definition) is 6. The highest BCUT2D eigenvalue weighted by atomic mass is 16.3. The molecule has 0 bridgehead atoms. The molecule has 1 saturated carbocycles. The number of aromatic hydroxyl groups is 1. The molecule has 168 valence electrons. The summed E-state index contributed by atoms with van der Waals surface area (Å²) >= 11 is 0. The Kier molecular flexibility index (Phi) is 5.74. The average molecular weight is 438 g/mol. The molecule has 3 heterocycles. The first-order chi connectivity index (χ1) is 15.3. The fourth-order valence-electron chi connectivity index (χ4n) is 3.97. The molecule has 0 spiro atoms. The highest BCUT2D eigenvalue weighted by Crippen LogP contribution is 2.25. The maximum Gasteiger partial charge on any atom is 0.291 e. The van der Waals surface area contributed by atoms with Gasteiger partial charge >= 0.3 is 0 Å². The standard InChI is InChI=1S/C22H26N6O4/c1-13(2)12-27-20-14(5-8-17(29)26-9-3-4-16(26)10-23)11-24-28(20)22(32)18(21(27)31)19(30)25-15-6-7-15/h5,8,11,13,15-16,31H,3-4,6-7,9,12H2,1-2H3,(H,25,30)/b8-5+/t16-/m0/s1. The highest BCUT2D eigenvalue weighted by Gasteiger charge is 2.30. The van der Waals surface area contributed by atoms with E-state index >= 15 is 0 Å². The van der Waals surface area contributed by atoms with Gasteiger partial charge < -0.3 is 15.3 Å². The molecule has 2 aliphatic rings. The van der Waals surface area contributed by atoms with Crippen molar-refractivity contribution in [2.45, 2.75) is 58.2 Å². The molecule has 2 amide bonds. The van der Waals surface area contributed by atoms with E-state index < -0.39 is 23.4 Å².